The minimum Gasteiger partial charge on any atom is -0.440 e. The molecule has 6 nitrogen and oxygen atoms in total. The van der Waals surface area contributed by atoms with E-state index < -0.39 is 0 Å². The number of benzene rings is 2. The van der Waals surface area contributed by atoms with E-state index in [9.17, 15) is 9.59 Å². The fraction of sp³-hybridized carbons (Fsp3) is 0.318. The van der Waals surface area contributed by atoms with Crippen molar-refractivity contribution in [2.24, 2.45) is 5.92 Å². The number of hydrogen-bond donors (Lipinski definition) is 1. The van der Waals surface area contributed by atoms with Crippen LogP contribution in [-0.4, -0.2) is 29.6 Å². The molecule has 1 saturated heterocycles. The molecule has 2 aromatic carbocycles. The van der Waals surface area contributed by atoms with Gasteiger partial charge in [-0.25, -0.2) is 4.98 Å². The Kier molecular flexibility index (Phi) is 4.54. The average molecular weight is 407 g/mol. The zero-order valence-electron chi connectivity index (χ0n) is 16.1. The summed E-state index contributed by atoms with van der Waals surface area (Å²) in [7, 11) is 0. The highest BCUT2D eigenvalue weighted by Crippen LogP contribution is 2.40. The van der Waals surface area contributed by atoms with Gasteiger partial charge in [-0.1, -0.05) is 0 Å². The van der Waals surface area contributed by atoms with Gasteiger partial charge >= 0.3 is 0 Å². The predicted molar refractivity (Wildman–Crippen MR) is 113 cm³/mol. The summed E-state index contributed by atoms with van der Waals surface area (Å²) in [6, 6.07) is 13.3. The molecule has 1 aliphatic heterocycles. The number of amides is 2. The number of thioether (sulfide) groups is 1. The summed E-state index contributed by atoms with van der Waals surface area (Å²) in [4.78, 5) is 32.6. The molecule has 2 fully saturated rings. The number of anilines is 2. The number of carbonyl (C=O) groups is 2. The molecule has 0 bridgehead atoms. The Balaban J connectivity index is 1.28. The van der Waals surface area contributed by atoms with Crippen molar-refractivity contribution in [2.45, 2.75) is 30.1 Å². The molecule has 1 unspecified atom stereocenters. The number of oxazole rings is 1. The Bertz CT molecular complexity index is 1090. The van der Waals surface area contributed by atoms with E-state index in [2.05, 4.69) is 10.3 Å². The van der Waals surface area contributed by atoms with E-state index in [0.717, 1.165) is 40.4 Å². The summed E-state index contributed by atoms with van der Waals surface area (Å²) in [5.41, 5.74) is 3.00. The number of hydrogen-bond acceptors (Lipinski definition) is 5. The van der Waals surface area contributed by atoms with Gasteiger partial charge in [-0.05, 0) is 61.6 Å². The van der Waals surface area contributed by atoms with Gasteiger partial charge in [-0.3, -0.25) is 9.59 Å². The largest absolute Gasteiger partial charge is 0.440 e. The van der Waals surface area contributed by atoms with Crippen molar-refractivity contribution in [3.05, 3.63) is 48.4 Å². The molecule has 148 valence electrons. The van der Waals surface area contributed by atoms with E-state index in [1.165, 1.54) is 0 Å². The molecular formula is C22H21N3O3S. The van der Waals surface area contributed by atoms with Crippen LogP contribution in [0.15, 0.2) is 51.8 Å². The number of carbonyl (C=O) groups excluding carboxylic acids is 2. The van der Waals surface area contributed by atoms with Gasteiger partial charge in [0.2, 0.25) is 11.8 Å². The maximum absolute atomic E-state index is 12.8. The minimum atomic E-state index is -0.377. The van der Waals surface area contributed by atoms with Gasteiger partial charge in [-0.15, -0.1) is 11.8 Å². The van der Waals surface area contributed by atoms with Crippen molar-refractivity contribution >= 4 is 46.1 Å². The fourth-order valence-electron chi connectivity index (χ4n) is 3.67. The summed E-state index contributed by atoms with van der Waals surface area (Å²) in [5, 5.41) is 2.94. The molecule has 2 heterocycles. The van der Waals surface area contributed by atoms with Crippen LogP contribution in [0.2, 0.25) is 0 Å². The maximum Gasteiger partial charge on any atom is 0.229 e. The lowest BCUT2D eigenvalue weighted by molar-refractivity contribution is -0.122. The molecule has 2 amide bonds. The molecule has 2 aliphatic rings. The van der Waals surface area contributed by atoms with E-state index in [1.807, 2.05) is 48.7 Å². The zero-order valence-corrected chi connectivity index (χ0v) is 16.9. The van der Waals surface area contributed by atoms with E-state index in [4.69, 9.17) is 4.42 Å². The van der Waals surface area contributed by atoms with Crippen LogP contribution in [0.25, 0.3) is 11.1 Å². The van der Waals surface area contributed by atoms with E-state index in [0.29, 0.717) is 18.2 Å². The molecule has 29 heavy (non-hydrogen) atoms. The van der Waals surface area contributed by atoms with Crippen LogP contribution in [0, 0.1) is 5.92 Å². The molecule has 3 aromatic rings. The number of nitrogens with zero attached hydrogens (tertiary/aromatic N) is 2. The third-order valence-corrected chi connectivity index (χ3v) is 6.22. The Hall–Kier alpha value is -2.80. The van der Waals surface area contributed by atoms with E-state index >= 15 is 0 Å². The third-order valence-electron chi connectivity index (χ3n) is 5.48. The van der Waals surface area contributed by atoms with Crippen LogP contribution in [-0.2, 0) is 9.59 Å². The molecule has 7 heteroatoms. The van der Waals surface area contributed by atoms with E-state index in [1.54, 1.807) is 16.7 Å². The van der Waals surface area contributed by atoms with Gasteiger partial charge in [-0.2, -0.15) is 0 Å². The average Bonchev–Trinajstić information content (AvgIpc) is 3.38. The van der Waals surface area contributed by atoms with Gasteiger partial charge < -0.3 is 14.6 Å². The lowest BCUT2D eigenvalue weighted by Crippen LogP contribution is -2.28. The van der Waals surface area contributed by atoms with Crippen molar-refractivity contribution < 1.29 is 14.0 Å². The lowest BCUT2D eigenvalue weighted by atomic mass is 10.1. The molecule has 1 N–H and O–H groups in total. The normalized spacial score (nSPS) is 19.1. The van der Waals surface area contributed by atoms with Crippen LogP contribution in [0.5, 0.6) is 0 Å². The highest BCUT2D eigenvalue weighted by atomic mass is 32.2. The topological polar surface area (TPSA) is 75.4 Å². The van der Waals surface area contributed by atoms with Crippen molar-refractivity contribution in [3.8, 4) is 0 Å². The van der Waals surface area contributed by atoms with Crippen molar-refractivity contribution in [1.82, 2.24) is 4.98 Å². The highest BCUT2D eigenvalue weighted by Gasteiger charge is 2.35. The van der Waals surface area contributed by atoms with Crippen molar-refractivity contribution in [1.29, 1.82) is 0 Å². The molecule has 5 rings (SSSR count). The van der Waals surface area contributed by atoms with Gasteiger partial charge in [0.1, 0.15) is 5.52 Å². The second-order valence-electron chi connectivity index (χ2n) is 7.60. The molecule has 0 radical (unpaired) electrons. The van der Waals surface area contributed by atoms with Gasteiger partial charge in [0, 0.05) is 35.2 Å². The highest BCUT2D eigenvalue weighted by molar-refractivity contribution is 7.98. The smallest absolute Gasteiger partial charge is 0.229 e. The first-order valence-electron chi connectivity index (χ1n) is 9.76. The fourth-order valence-corrected chi connectivity index (χ4v) is 4.08. The van der Waals surface area contributed by atoms with Crippen molar-refractivity contribution in [3.63, 3.8) is 0 Å². The SMILES string of the molecule is CSc1ccc(N2CC(C(=O)Nc3ccc4oc(C5CC5)nc4c3)CC2=O)cc1. The predicted octanol–water partition coefficient (Wildman–Crippen LogP) is 4.42. The van der Waals surface area contributed by atoms with Gasteiger partial charge in [0.05, 0.1) is 5.92 Å². The first-order valence-corrected chi connectivity index (χ1v) is 11.0. The van der Waals surface area contributed by atoms with Crippen LogP contribution in [0.1, 0.15) is 31.1 Å². The second kappa shape index (κ2) is 7.22. The molecular weight excluding hydrogens is 386 g/mol. The summed E-state index contributed by atoms with van der Waals surface area (Å²) < 4.78 is 5.77. The summed E-state index contributed by atoms with van der Waals surface area (Å²) >= 11 is 1.66. The van der Waals surface area contributed by atoms with Crippen LogP contribution >= 0.6 is 11.8 Å². The van der Waals surface area contributed by atoms with Gasteiger partial charge in [0.15, 0.2) is 11.5 Å². The Morgan fingerprint density at radius 1 is 1.21 bits per heavy atom. The van der Waals surface area contributed by atoms with E-state index in [-0.39, 0.29) is 24.2 Å². The molecule has 0 spiro atoms. The number of rotatable bonds is 5. The second-order valence-corrected chi connectivity index (χ2v) is 8.48. The summed E-state index contributed by atoms with van der Waals surface area (Å²) in [6.07, 6.45) is 4.49. The molecule has 1 atom stereocenters. The molecule has 1 aromatic heterocycles. The standard InChI is InChI=1S/C22H21N3O3S/c1-29-17-7-5-16(6-8-17)25-12-14(10-20(25)26)21(27)23-15-4-9-19-18(11-15)24-22(28-19)13-2-3-13/h4-9,11,13-14H,2-3,10,12H2,1H3,(H,23,27). The van der Waals surface area contributed by atoms with Crippen molar-refractivity contribution in [2.75, 3.05) is 23.0 Å². The van der Waals surface area contributed by atoms with Crippen LogP contribution in [0.3, 0.4) is 0 Å². The lowest BCUT2D eigenvalue weighted by Gasteiger charge is -2.17. The summed E-state index contributed by atoms with van der Waals surface area (Å²) in [6.45, 7) is 0.390. The Morgan fingerprint density at radius 3 is 2.72 bits per heavy atom. The first kappa shape index (κ1) is 18.2. The maximum atomic E-state index is 12.8. The quantitative estimate of drug-likeness (QED) is 0.634. The Labute approximate surface area is 172 Å². The molecule has 1 aliphatic carbocycles. The summed E-state index contributed by atoms with van der Waals surface area (Å²) in [5.74, 6) is 0.682. The monoisotopic (exact) mass is 407 g/mol. The number of aromatic nitrogens is 1. The Morgan fingerprint density at radius 2 is 2.00 bits per heavy atom. The minimum absolute atomic E-state index is 0.0249. The molecule has 1 saturated carbocycles. The van der Waals surface area contributed by atoms with Crippen LogP contribution < -0.4 is 10.2 Å². The third kappa shape index (κ3) is 3.62. The van der Waals surface area contributed by atoms with Crippen LogP contribution in [0.4, 0.5) is 11.4 Å². The first-order chi connectivity index (χ1) is 14.1. The zero-order chi connectivity index (χ0) is 20.0. The number of fused-ring (bicyclic) bond motifs is 1. The number of nitrogens with one attached hydrogen (secondary N) is 1. The van der Waals surface area contributed by atoms with Gasteiger partial charge in [0.25, 0.3) is 0 Å².